The molecule has 0 aliphatic carbocycles. The first kappa shape index (κ1) is 14.8. The number of fused-ring (bicyclic) bond motifs is 1. The number of nitrogens with zero attached hydrogens (tertiary/aromatic N) is 4. The topological polar surface area (TPSA) is 79.4 Å². The molecule has 4 heterocycles. The van der Waals surface area contributed by atoms with Crippen molar-refractivity contribution >= 4 is 5.82 Å². The fourth-order valence-electron chi connectivity index (χ4n) is 3.18. The number of hydrogen-bond acceptors (Lipinski definition) is 5. The van der Waals surface area contributed by atoms with Crippen LogP contribution in [-0.4, -0.2) is 31.5 Å². The highest BCUT2D eigenvalue weighted by molar-refractivity contribution is 5.79. The van der Waals surface area contributed by atoms with Crippen LogP contribution in [0.2, 0.25) is 0 Å². The second-order valence-corrected chi connectivity index (χ2v) is 6.14. The van der Waals surface area contributed by atoms with E-state index in [0.29, 0.717) is 0 Å². The Morgan fingerprint density at radius 1 is 0.885 bits per heavy atom. The van der Waals surface area contributed by atoms with E-state index in [1.807, 2.05) is 42.5 Å². The summed E-state index contributed by atoms with van der Waals surface area (Å²) in [4.78, 5) is 21.7. The van der Waals surface area contributed by atoms with Gasteiger partial charge in [0, 0.05) is 36.5 Å². The summed E-state index contributed by atoms with van der Waals surface area (Å²) < 4.78 is 0. The number of pyridine rings is 1. The predicted octanol–water partition coefficient (Wildman–Crippen LogP) is 3.56. The van der Waals surface area contributed by atoms with Crippen LogP contribution in [0.15, 0.2) is 61.1 Å². The van der Waals surface area contributed by atoms with Crippen LogP contribution in [0.5, 0.6) is 0 Å². The van der Waals surface area contributed by atoms with Crippen molar-refractivity contribution in [3.05, 3.63) is 66.7 Å². The molecule has 1 aromatic carbocycles. The van der Waals surface area contributed by atoms with Crippen LogP contribution < -0.4 is 5.32 Å². The van der Waals surface area contributed by atoms with Crippen molar-refractivity contribution in [3.63, 3.8) is 0 Å². The van der Waals surface area contributed by atoms with E-state index >= 15 is 0 Å². The second kappa shape index (κ2) is 6.07. The summed E-state index contributed by atoms with van der Waals surface area (Å²) in [6, 6.07) is 14.0. The third kappa shape index (κ3) is 2.52. The van der Waals surface area contributed by atoms with Gasteiger partial charge in [0.15, 0.2) is 0 Å². The zero-order valence-corrected chi connectivity index (χ0v) is 14.0. The number of imidazole rings is 1. The molecule has 3 aromatic heterocycles. The van der Waals surface area contributed by atoms with Gasteiger partial charge in [0.2, 0.25) is 0 Å². The summed E-state index contributed by atoms with van der Waals surface area (Å²) >= 11 is 0. The first-order chi connectivity index (χ1) is 12.9. The fraction of sp³-hybridized carbons (Fsp3) is 0.100. The molecule has 0 saturated carbocycles. The van der Waals surface area contributed by atoms with Gasteiger partial charge in [-0.3, -0.25) is 4.98 Å². The molecule has 0 amide bonds. The molecule has 4 aromatic rings. The largest absolute Gasteiger partial charge is 0.368 e. The molecule has 126 valence electrons. The first-order valence-electron chi connectivity index (χ1n) is 8.54. The number of benzene rings is 1. The van der Waals surface area contributed by atoms with Crippen LogP contribution in [0.4, 0.5) is 5.82 Å². The molecule has 0 atom stereocenters. The van der Waals surface area contributed by atoms with Gasteiger partial charge in [0.05, 0.1) is 23.3 Å². The predicted molar refractivity (Wildman–Crippen MR) is 100 cm³/mol. The van der Waals surface area contributed by atoms with E-state index < -0.39 is 0 Å². The minimum absolute atomic E-state index is 0.800. The number of hydrogen-bond donors (Lipinski definition) is 2. The number of anilines is 1. The standard InChI is InChI=1S/C20H16N6/c1-2-4-14(5-3-1)19-25-17(13-6-9-21-10-7-13)18(26-19)16-12-23-20-15(24-16)8-11-22-20/h1-7,9-10,12H,8,11H2,(H,22,23)(H,25,26). The van der Waals surface area contributed by atoms with Crippen LogP contribution in [-0.2, 0) is 6.42 Å². The Morgan fingerprint density at radius 2 is 1.73 bits per heavy atom. The third-order valence-electron chi connectivity index (χ3n) is 4.46. The van der Waals surface area contributed by atoms with Crippen molar-refractivity contribution in [1.29, 1.82) is 0 Å². The van der Waals surface area contributed by atoms with Gasteiger partial charge in [0.25, 0.3) is 0 Å². The lowest BCUT2D eigenvalue weighted by Crippen LogP contribution is -1.95. The van der Waals surface area contributed by atoms with E-state index in [1.165, 1.54) is 0 Å². The Morgan fingerprint density at radius 3 is 2.58 bits per heavy atom. The van der Waals surface area contributed by atoms with Crippen molar-refractivity contribution < 1.29 is 0 Å². The van der Waals surface area contributed by atoms with E-state index in [4.69, 9.17) is 9.97 Å². The highest BCUT2D eigenvalue weighted by Gasteiger charge is 2.19. The molecule has 26 heavy (non-hydrogen) atoms. The van der Waals surface area contributed by atoms with Crippen molar-refractivity contribution in [1.82, 2.24) is 24.9 Å². The van der Waals surface area contributed by atoms with Crippen molar-refractivity contribution in [3.8, 4) is 34.0 Å². The van der Waals surface area contributed by atoms with Gasteiger partial charge in [-0.05, 0) is 12.1 Å². The van der Waals surface area contributed by atoms with E-state index in [-0.39, 0.29) is 0 Å². The molecule has 1 aliphatic heterocycles. The summed E-state index contributed by atoms with van der Waals surface area (Å²) in [6.45, 7) is 0.883. The Hall–Kier alpha value is -3.54. The summed E-state index contributed by atoms with van der Waals surface area (Å²) in [5.74, 6) is 1.69. The Bertz CT molecular complexity index is 1060. The third-order valence-corrected chi connectivity index (χ3v) is 4.46. The maximum Gasteiger partial charge on any atom is 0.147 e. The van der Waals surface area contributed by atoms with Gasteiger partial charge < -0.3 is 10.3 Å². The number of aromatic nitrogens is 5. The molecule has 6 nitrogen and oxygen atoms in total. The van der Waals surface area contributed by atoms with E-state index in [1.54, 1.807) is 18.6 Å². The van der Waals surface area contributed by atoms with Crippen molar-refractivity contribution in [2.75, 3.05) is 11.9 Å². The molecule has 0 radical (unpaired) electrons. The Balaban J connectivity index is 1.69. The maximum atomic E-state index is 4.85. The lowest BCUT2D eigenvalue weighted by Gasteiger charge is -2.04. The van der Waals surface area contributed by atoms with Crippen LogP contribution in [0.25, 0.3) is 34.0 Å². The minimum Gasteiger partial charge on any atom is -0.368 e. The first-order valence-corrected chi connectivity index (χ1v) is 8.54. The minimum atomic E-state index is 0.800. The maximum absolute atomic E-state index is 4.85. The quantitative estimate of drug-likeness (QED) is 0.596. The Labute approximate surface area is 150 Å². The van der Waals surface area contributed by atoms with Gasteiger partial charge >= 0.3 is 0 Å². The average Bonchev–Trinajstić information content (AvgIpc) is 3.36. The second-order valence-electron chi connectivity index (χ2n) is 6.14. The van der Waals surface area contributed by atoms with Crippen LogP contribution in [0, 0.1) is 0 Å². The van der Waals surface area contributed by atoms with Gasteiger partial charge in [0.1, 0.15) is 17.3 Å². The number of nitrogens with one attached hydrogen (secondary N) is 2. The zero-order valence-electron chi connectivity index (χ0n) is 14.0. The summed E-state index contributed by atoms with van der Waals surface area (Å²) in [5, 5.41) is 3.25. The highest BCUT2D eigenvalue weighted by Crippen LogP contribution is 2.32. The lowest BCUT2D eigenvalue weighted by molar-refractivity contribution is 1.04. The van der Waals surface area contributed by atoms with Gasteiger partial charge in [-0.15, -0.1) is 0 Å². The zero-order chi connectivity index (χ0) is 17.3. The van der Waals surface area contributed by atoms with E-state index in [2.05, 4.69) is 20.3 Å². The Kier molecular flexibility index (Phi) is 3.45. The molecular weight excluding hydrogens is 324 g/mol. The van der Waals surface area contributed by atoms with Crippen LogP contribution >= 0.6 is 0 Å². The van der Waals surface area contributed by atoms with Crippen molar-refractivity contribution in [2.45, 2.75) is 6.42 Å². The average molecular weight is 340 g/mol. The monoisotopic (exact) mass is 340 g/mol. The van der Waals surface area contributed by atoms with Gasteiger partial charge in [-0.25, -0.2) is 15.0 Å². The summed E-state index contributed by atoms with van der Waals surface area (Å²) in [5.41, 5.74) is 5.55. The lowest BCUT2D eigenvalue weighted by atomic mass is 10.1. The molecule has 2 N–H and O–H groups in total. The molecule has 0 bridgehead atoms. The van der Waals surface area contributed by atoms with E-state index in [0.717, 1.165) is 58.5 Å². The van der Waals surface area contributed by atoms with Crippen molar-refractivity contribution in [2.24, 2.45) is 0 Å². The summed E-state index contributed by atoms with van der Waals surface area (Å²) in [7, 11) is 0. The normalized spacial score (nSPS) is 12.6. The number of aromatic amines is 1. The molecule has 0 unspecified atom stereocenters. The summed E-state index contributed by atoms with van der Waals surface area (Å²) in [6.07, 6.45) is 6.23. The molecule has 0 saturated heterocycles. The van der Waals surface area contributed by atoms with Gasteiger partial charge in [-0.2, -0.15) is 0 Å². The molecule has 5 rings (SSSR count). The highest BCUT2D eigenvalue weighted by atomic mass is 15.1. The molecule has 1 aliphatic rings. The van der Waals surface area contributed by atoms with Crippen LogP contribution in [0.3, 0.4) is 0 Å². The SMILES string of the molecule is c1ccc(-c2nc(-c3ccncc3)c(-c3cnc4c(n3)CCN4)[nH]2)cc1. The molecule has 0 fully saturated rings. The van der Waals surface area contributed by atoms with E-state index in [9.17, 15) is 0 Å². The number of H-pyrrole nitrogens is 1. The fourth-order valence-corrected chi connectivity index (χ4v) is 3.18. The molecule has 6 heteroatoms. The van der Waals surface area contributed by atoms with Crippen LogP contribution in [0.1, 0.15) is 5.69 Å². The smallest absolute Gasteiger partial charge is 0.147 e. The van der Waals surface area contributed by atoms with Gasteiger partial charge in [-0.1, -0.05) is 30.3 Å². The molecule has 0 spiro atoms. The molecular formula is C20H16N6. The number of rotatable bonds is 3.